The van der Waals surface area contributed by atoms with E-state index in [1.807, 2.05) is 9.47 Å². The molecule has 0 saturated carbocycles. The molecule has 0 unspecified atom stereocenters. The van der Waals surface area contributed by atoms with Gasteiger partial charge in [-0.3, -0.25) is 9.78 Å². The van der Waals surface area contributed by atoms with E-state index in [1.54, 1.807) is 36.3 Å². The number of hydrogen-bond donors (Lipinski definition) is 0. The van der Waals surface area contributed by atoms with E-state index in [2.05, 4.69) is 42.6 Å². The van der Waals surface area contributed by atoms with Crippen molar-refractivity contribution < 1.29 is 4.79 Å². The van der Waals surface area contributed by atoms with Gasteiger partial charge >= 0.3 is 0 Å². The van der Waals surface area contributed by atoms with Crippen molar-refractivity contribution in [3.63, 3.8) is 0 Å². The lowest BCUT2D eigenvalue weighted by Gasteiger charge is -2.35. The molecular weight excluding hydrogens is 394 g/mol. The highest BCUT2D eigenvalue weighted by atomic mass is 32.2. The van der Waals surface area contributed by atoms with Crippen molar-refractivity contribution in [3.8, 4) is 0 Å². The third kappa shape index (κ3) is 4.68. The van der Waals surface area contributed by atoms with E-state index < -0.39 is 0 Å². The van der Waals surface area contributed by atoms with Crippen LogP contribution in [0.25, 0.3) is 0 Å². The van der Waals surface area contributed by atoms with Crippen molar-refractivity contribution in [3.05, 3.63) is 47.3 Å². The standard InChI is InChI=1S/C18H21N7OS2/c26-17(24-9-7-23(8-10-24)16-12-19-4-5-20-16)13-28-18-22-21-14-25(18)6-3-15-2-1-11-27-15/h1-2,4-5,11-12,14H,3,6-10,13H2. The Balaban J connectivity index is 1.25. The van der Waals surface area contributed by atoms with Crippen LogP contribution in [0, 0.1) is 0 Å². The number of rotatable bonds is 7. The Morgan fingerprint density at radius 2 is 2.11 bits per heavy atom. The molecule has 0 radical (unpaired) electrons. The predicted molar refractivity (Wildman–Crippen MR) is 110 cm³/mol. The molecular formula is C18H21N7OS2. The SMILES string of the molecule is O=C(CSc1nncn1CCc1cccs1)N1CCN(c2cnccn2)CC1. The molecule has 1 aliphatic rings. The number of aromatic nitrogens is 5. The summed E-state index contributed by atoms with van der Waals surface area (Å²) in [7, 11) is 0. The summed E-state index contributed by atoms with van der Waals surface area (Å²) in [5.41, 5.74) is 0. The summed E-state index contributed by atoms with van der Waals surface area (Å²) < 4.78 is 2.02. The number of thioether (sulfide) groups is 1. The average Bonchev–Trinajstić information content (AvgIpc) is 3.43. The lowest BCUT2D eigenvalue weighted by molar-refractivity contribution is -0.128. The van der Waals surface area contributed by atoms with Crippen molar-refractivity contribution in [2.24, 2.45) is 0 Å². The van der Waals surface area contributed by atoms with Gasteiger partial charge in [-0.05, 0) is 17.9 Å². The second kappa shape index (κ2) is 9.16. The molecule has 1 aliphatic heterocycles. The maximum Gasteiger partial charge on any atom is 0.233 e. The van der Waals surface area contributed by atoms with Crippen LogP contribution in [0.4, 0.5) is 5.82 Å². The lowest BCUT2D eigenvalue weighted by atomic mass is 10.3. The Hall–Kier alpha value is -2.46. The number of hydrogen-bond acceptors (Lipinski definition) is 8. The third-order valence-electron chi connectivity index (χ3n) is 4.59. The van der Waals surface area contributed by atoms with Crippen LogP contribution in [0.1, 0.15) is 4.88 Å². The van der Waals surface area contributed by atoms with Gasteiger partial charge in [0.25, 0.3) is 0 Å². The molecule has 1 amide bonds. The molecule has 10 heteroatoms. The molecule has 0 bridgehead atoms. The molecule has 4 heterocycles. The molecule has 0 N–H and O–H groups in total. The summed E-state index contributed by atoms with van der Waals surface area (Å²) in [5, 5.41) is 11.1. The highest BCUT2D eigenvalue weighted by Crippen LogP contribution is 2.18. The summed E-state index contributed by atoms with van der Waals surface area (Å²) >= 11 is 3.21. The molecule has 0 atom stereocenters. The zero-order valence-corrected chi connectivity index (χ0v) is 17.0. The Morgan fingerprint density at radius 1 is 1.21 bits per heavy atom. The third-order valence-corrected chi connectivity index (χ3v) is 6.49. The number of anilines is 1. The fourth-order valence-electron chi connectivity index (χ4n) is 3.05. The molecule has 28 heavy (non-hydrogen) atoms. The Labute approximate surface area is 171 Å². The minimum absolute atomic E-state index is 0.136. The number of aryl methyl sites for hydroxylation is 2. The Kier molecular flexibility index (Phi) is 6.17. The topological polar surface area (TPSA) is 80.0 Å². The van der Waals surface area contributed by atoms with Gasteiger partial charge < -0.3 is 14.4 Å². The first-order valence-electron chi connectivity index (χ1n) is 9.11. The minimum Gasteiger partial charge on any atom is -0.352 e. The number of carbonyl (C=O) groups is 1. The van der Waals surface area contributed by atoms with Gasteiger partial charge in [0, 0.05) is 50.0 Å². The van der Waals surface area contributed by atoms with Crippen LogP contribution < -0.4 is 4.90 Å². The molecule has 0 aromatic carbocycles. The average molecular weight is 416 g/mol. The van der Waals surface area contributed by atoms with E-state index in [9.17, 15) is 4.79 Å². The lowest BCUT2D eigenvalue weighted by Crippen LogP contribution is -2.49. The Bertz CT molecular complexity index is 876. The molecule has 3 aromatic rings. The fraction of sp³-hybridized carbons (Fsp3) is 0.389. The van der Waals surface area contributed by atoms with E-state index in [1.165, 1.54) is 16.6 Å². The number of nitrogens with zero attached hydrogens (tertiary/aromatic N) is 7. The van der Waals surface area contributed by atoms with Crippen molar-refractivity contribution in [1.29, 1.82) is 0 Å². The number of carbonyl (C=O) groups excluding carboxylic acids is 1. The molecule has 146 valence electrons. The molecule has 8 nitrogen and oxygen atoms in total. The quantitative estimate of drug-likeness (QED) is 0.545. The highest BCUT2D eigenvalue weighted by molar-refractivity contribution is 7.99. The summed E-state index contributed by atoms with van der Waals surface area (Å²) in [6, 6.07) is 4.19. The molecule has 1 saturated heterocycles. The summed E-state index contributed by atoms with van der Waals surface area (Å²) in [6.45, 7) is 3.75. The zero-order valence-electron chi connectivity index (χ0n) is 15.3. The van der Waals surface area contributed by atoms with Crippen molar-refractivity contribution in [2.75, 3.05) is 36.8 Å². The van der Waals surface area contributed by atoms with Gasteiger partial charge in [0.2, 0.25) is 5.91 Å². The highest BCUT2D eigenvalue weighted by Gasteiger charge is 2.22. The minimum atomic E-state index is 0.136. The van der Waals surface area contributed by atoms with Crippen LogP contribution in [0.3, 0.4) is 0 Å². The van der Waals surface area contributed by atoms with Crippen LogP contribution in [0.5, 0.6) is 0 Å². The van der Waals surface area contributed by atoms with Gasteiger partial charge in [0.05, 0.1) is 11.9 Å². The first-order valence-corrected chi connectivity index (χ1v) is 11.0. The van der Waals surface area contributed by atoms with Crippen LogP contribution in [0.15, 0.2) is 47.6 Å². The normalized spacial score (nSPS) is 14.4. The zero-order chi connectivity index (χ0) is 19.2. The van der Waals surface area contributed by atoms with Crippen LogP contribution in [-0.2, 0) is 17.8 Å². The van der Waals surface area contributed by atoms with E-state index in [4.69, 9.17) is 0 Å². The largest absolute Gasteiger partial charge is 0.352 e. The van der Waals surface area contributed by atoms with Crippen LogP contribution >= 0.6 is 23.1 Å². The van der Waals surface area contributed by atoms with E-state index >= 15 is 0 Å². The van der Waals surface area contributed by atoms with Gasteiger partial charge in [-0.2, -0.15) is 0 Å². The van der Waals surface area contributed by atoms with Crippen molar-refractivity contribution in [2.45, 2.75) is 18.1 Å². The maximum atomic E-state index is 12.6. The van der Waals surface area contributed by atoms with E-state index in [-0.39, 0.29) is 5.91 Å². The number of thiophene rings is 1. The monoisotopic (exact) mass is 415 g/mol. The smallest absolute Gasteiger partial charge is 0.233 e. The summed E-state index contributed by atoms with van der Waals surface area (Å²) in [4.78, 5) is 26.4. The summed E-state index contributed by atoms with van der Waals surface area (Å²) in [6.07, 6.45) is 7.80. The fourth-order valence-corrected chi connectivity index (χ4v) is 4.59. The first kappa shape index (κ1) is 18.9. The van der Waals surface area contributed by atoms with E-state index in [0.717, 1.165) is 37.0 Å². The first-order chi connectivity index (χ1) is 13.8. The molecule has 1 fully saturated rings. The van der Waals surface area contributed by atoms with Gasteiger partial charge in [-0.15, -0.1) is 21.5 Å². The van der Waals surface area contributed by atoms with Gasteiger partial charge in [-0.25, -0.2) is 4.98 Å². The van der Waals surface area contributed by atoms with Crippen molar-refractivity contribution in [1.82, 2.24) is 29.6 Å². The summed E-state index contributed by atoms with van der Waals surface area (Å²) in [5.74, 6) is 1.38. The molecule has 0 aliphatic carbocycles. The number of piperazine rings is 1. The molecule has 3 aromatic heterocycles. The van der Waals surface area contributed by atoms with E-state index in [0.29, 0.717) is 18.8 Å². The second-order valence-electron chi connectivity index (χ2n) is 6.36. The number of amides is 1. The Morgan fingerprint density at radius 3 is 2.86 bits per heavy atom. The molecule has 4 rings (SSSR count). The van der Waals surface area contributed by atoms with Crippen molar-refractivity contribution >= 4 is 34.8 Å². The van der Waals surface area contributed by atoms with Crippen LogP contribution in [0.2, 0.25) is 0 Å². The van der Waals surface area contributed by atoms with Gasteiger partial charge in [0.1, 0.15) is 12.1 Å². The van der Waals surface area contributed by atoms with Gasteiger partial charge in [0.15, 0.2) is 5.16 Å². The molecule has 0 spiro atoms. The van der Waals surface area contributed by atoms with Crippen LogP contribution in [-0.4, -0.2) is 67.5 Å². The second-order valence-corrected chi connectivity index (χ2v) is 8.33. The predicted octanol–water partition coefficient (Wildman–Crippen LogP) is 1.81. The van der Waals surface area contributed by atoms with Gasteiger partial charge in [-0.1, -0.05) is 17.8 Å². The maximum absolute atomic E-state index is 12.6.